The number of rotatable bonds is 6. The number of imidazole rings is 1. The first-order chi connectivity index (χ1) is 12.7. The molecule has 6 heteroatoms. The number of H-pyrrole nitrogens is 1. The number of aryl methyl sites for hydroxylation is 1. The third-order valence-electron chi connectivity index (χ3n) is 4.54. The minimum Gasteiger partial charge on any atom is -0.356 e. The smallest absolute Gasteiger partial charge is 0.191 e. The zero-order chi connectivity index (χ0) is 18.4. The van der Waals surface area contributed by atoms with Crippen molar-refractivity contribution < 1.29 is 0 Å². The van der Waals surface area contributed by atoms with E-state index in [0.717, 1.165) is 42.3 Å². The van der Waals surface area contributed by atoms with Crippen LogP contribution in [0.25, 0.3) is 11.0 Å². The molecular formula is C21H28IN5. The first-order valence-corrected chi connectivity index (χ1v) is 9.10. The average molecular weight is 477 g/mol. The summed E-state index contributed by atoms with van der Waals surface area (Å²) < 4.78 is 0. The van der Waals surface area contributed by atoms with Crippen LogP contribution < -0.4 is 10.6 Å². The maximum atomic E-state index is 4.60. The first kappa shape index (κ1) is 21.2. The topological polar surface area (TPSA) is 65.1 Å². The van der Waals surface area contributed by atoms with E-state index in [2.05, 4.69) is 63.7 Å². The second-order valence-electron chi connectivity index (χ2n) is 6.64. The summed E-state index contributed by atoms with van der Waals surface area (Å²) in [6.07, 6.45) is 0.822. The van der Waals surface area contributed by atoms with Gasteiger partial charge in [0, 0.05) is 26.6 Å². The van der Waals surface area contributed by atoms with Crippen molar-refractivity contribution in [1.29, 1.82) is 0 Å². The molecule has 2 aromatic carbocycles. The van der Waals surface area contributed by atoms with Crippen LogP contribution in [-0.2, 0) is 6.42 Å². The van der Waals surface area contributed by atoms with Crippen LogP contribution in [0.3, 0.4) is 0 Å². The minimum atomic E-state index is 0. The van der Waals surface area contributed by atoms with E-state index in [9.17, 15) is 0 Å². The van der Waals surface area contributed by atoms with Gasteiger partial charge >= 0.3 is 0 Å². The molecule has 1 aromatic heterocycles. The normalized spacial score (nSPS) is 12.5. The number of aliphatic imine (C=N–C) groups is 1. The maximum absolute atomic E-state index is 4.60. The Labute approximate surface area is 178 Å². The van der Waals surface area contributed by atoms with Gasteiger partial charge < -0.3 is 15.6 Å². The number of benzene rings is 2. The summed E-state index contributed by atoms with van der Waals surface area (Å²) in [5.41, 5.74) is 4.71. The van der Waals surface area contributed by atoms with Gasteiger partial charge in [-0.15, -0.1) is 24.0 Å². The van der Waals surface area contributed by atoms with Crippen LogP contribution in [0.1, 0.15) is 29.8 Å². The van der Waals surface area contributed by atoms with Crippen molar-refractivity contribution >= 4 is 41.0 Å². The number of guanidine groups is 1. The second-order valence-corrected chi connectivity index (χ2v) is 6.64. The molecule has 0 saturated carbocycles. The quantitative estimate of drug-likeness (QED) is 0.286. The van der Waals surface area contributed by atoms with Crippen molar-refractivity contribution in [2.45, 2.75) is 26.2 Å². The largest absolute Gasteiger partial charge is 0.356 e. The predicted molar refractivity (Wildman–Crippen MR) is 124 cm³/mol. The molecule has 0 radical (unpaired) electrons. The van der Waals surface area contributed by atoms with Gasteiger partial charge in [-0.2, -0.15) is 0 Å². The summed E-state index contributed by atoms with van der Waals surface area (Å²) in [6.45, 7) is 5.95. The van der Waals surface area contributed by atoms with E-state index in [1.807, 2.05) is 24.3 Å². The van der Waals surface area contributed by atoms with Crippen LogP contribution in [0.5, 0.6) is 0 Å². The van der Waals surface area contributed by atoms with Gasteiger partial charge in [0.1, 0.15) is 5.82 Å². The van der Waals surface area contributed by atoms with Gasteiger partial charge in [-0.25, -0.2) is 4.98 Å². The number of hydrogen-bond donors (Lipinski definition) is 3. The Balaban J connectivity index is 0.00000261. The monoisotopic (exact) mass is 477 g/mol. The molecule has 0 aliphatic rings. The molecule has 3 aromatic rings. The lowest BCUT2D eigenvalue weighted by Gasteiger charge is -2.16. The van der Waals surface area contributed by atoms with Crippen molar-refractivity contribution in [1.82, 2.24) is 20.6 Å². The highest BCUT2D eigenvalue weighted by Gasteiger charge is 2.07. The van der Waals surface area contributed by atoms with Gasteiger partial charge in [-0.1, -0.05) is 48.9 Å². The summed E-state index contributed by atoms with van der Waals surface area (Å²) in [5, 5.41) is 6.76. The van der Waals surface area contributed by atoms with Crippen LogP contribution >= 0.6 is 24.0 Å². The third kappa shape index (κ3) is 5.95. The number of para-hydroxylation sites is 2. The summed E-state index contributed by atoms with van der Waals surface area (Å²) in [6, 6.07) is 16.8. The van der Waals surface area contributed by atoms with Crippen LogP contribution in [-0.4, -0.2) is 36.1 Å². The number of nitrogens with zero attached hydrogens (tertiary/aromatic N) is 2. The fourth-order valence-electron chi connectivity index (χ4n) is 2.91. The number of halogens is 1. The number of hydrogen-bond acceptors (Lipinski definition) is 2. The van der Waals surface area contributed by atoms with Gasteiger partial charge in [-0.3, -0.25) is 4.99 Å². The van der Waals surface area contributed by atoms with Gasteiger partial charge in [0.05, 0.1) is 11.0 Å². The van der Waals surface area contributed by atoms with Crippen molar-refractivity contribution in [3.8, 4) is 0 Å². The SMILES string of the molecule is CN=C(NCCc1nc2ccccc2[nH]1)NCC(C)c1ccc(C)cc1.I. The van der Waals surface area contributed by atoms with Gasteiger partial charge in [0.25, 0.3) is 0 Å². The van der Waals surface area contributed by atoms with Crippen LogP contribution in [0.4, 0.5) is 0 Å². The van der Waals surface area contributed by atoms with Crippen molar-refractivity contribution in [3.63, 3.8) is 0 Å². The molecule has 0 fully saturated rings. The molecule has 1 atom stereocenters. The van der Waals surface area contributed by atoms with E-state index in [4.69, 9.17) is 0 Å². The first-order valence-electron chi connectivity index (χ1n) is 9.10. The van der Waals surface area contributed by atoms with E-state index in [-0.39, 0.29) is 24.0 Å². The maximum Gasteiger partial charge on any atom is 0.191 e. The van der Waals surface area contributed by atoms with Gasteiger partial charge in [0.15, 0.2) is 5.96 Å². The van der Waals surface area contributed by atoms with Crippen molar-refractivity contribution in [2.24, 2.45) is 4.99 Å². The number of aromatic nitrogens is 2. The highest BCUT2D eigenvalue weighted by atomic mass is 127. The highest BCUT2D eigenvalue weighted by Crippen LogP contribution is 2.14. The van der Waals surface area contributed by atoms with Crippen LogP contribution in [0.2, 0.25) is 0 Å². The molecule has 27 heavy (non-hydrogen) atoms. The fourth-order valence-corrected chi connectivity index (χ4v) is 2.91. The number of fused-ring (bicyclic) bond motifs is 1. The van der Waals surface area contributed by atoms with Gasteiger partial charge in [-0.05, 0) is 30.5 Å². The van der Waals surface area contributed by atoms with Crippen molar-refractivity contribution in [3.05, 3.63) is 65.5 Å². The zero-order valence-corrected chi connectivity index (χ0v) is 18.5. The molecular weight excluding hydrogens is 449 g/mol. The Morgan fingerprint density at radius 2 is 1.85 bits per heavy atom. The Morgan fingerprint density at radius 3 is 2.56 bits per heavy atom. The molecule has 0 bridgehead atoms. The molecule has 0 aliphatic heterocycles. The van der Waals surface area contributed by atoms with E-state index in [1.165, 1.54) is 11.1 Å². The highest BCUT2D eigenvalue weighted by molar-refractivity contribution is 14.0. The van der Waals surface area contributed by atoms with Crippen molar-refractivity contribution in [2.75, 3.05) is 20.1 Å². The standard InChI is InChI=1S/C21H27N5.HI/c1-15-8-10-17(11-9-15)16(2)14-24-21(22-3)23-13-12-20-25-18-6-4-5-7-19(18)26-20;/h4-11,16H,12-14H2,1-3H3,(H,25,26)(H2,22,23,24);1H. The molecule has 1 heterocycles. The molecule has 0 aliphatic carbocycles. The molecule has 5 nitrogen and oxygen atoms in total. The third-order valence-corrected chi connectivity index (χ3v) is 4.54. The molecule has 0 saturated heterocycles. The lowest BCUT2D eigenvalue weighted by atomic mass is 10.0. The van der Waals surface area contributed by atoms with E-state index >= 15 is 0 Å². The van der Waals surface area contributed by atoms with Crippen LogP contribution in [0.15, 0.2) is 53.5 Å². The zero-order valence-electron chi connectivity index (χ0n) is 16.1. The summed E-state index contributed by atoms with van der Waals surface area (Å²) >= 11 is 0. The fraction of sp³-hybridized carbons (Fsp3) is 0.333. The number of aromatic amines is 1. The summed E-state index contributed by atoms with van der Waals surface area (Å²) in [5.74, 6) is 2.23. The Bertz CT molecular complexity index is 837. The van der Waals surface area contributed by atoms with E-state index in [0.29, 0.717) is 5.92 Å². The van der Waals surface area contributed by atoms with E-state index in [1.54, 1.807) is 7.05 Å². The van der Waals surface area contributed by atoms with Gasteiger partial charge in [0.2, 0.25) is 0 Å². The van der Waals surface area contributed by atoms with Crippen LogP contribution in [0, 0.1) is 6.92 Å². The Hall–Kier alpha value is -2.09. The number of nitrogens with one attached hydrogen (secondary N) is 3. The summed E-state index contributed by atoms with van der Waals surface area (Å²) in [7, 11) is 1.80. The van der Waals surface area contributed by atoms with E-state index < -0.39 is 0 Å². The molecule has 0 spiro atoms. The lowest BCUT2D eigenvalue weighted by Crippen LogP contribution is -2.40. The predicted octanol–water partition coefficient (Wildman–Crippen LogP) is 4.00. The summed E-state index contributed by atoms with van der Waals surface area (Å²) in [4.78, 5) is 12.3. The lowest BCUT2D eigenvalue weighted by molar-refractivity contribution is 0.695. The second kappa shape index (κ2) is 10.3. The molecule has 144 valence electrons. The molecule has 3 rings (SSSR count). The molecule has 1 unspecified atom stereocenters. The minimum absolute atomic E-state index is 0. The Morgan fingerprint density at radius 1 is 1.11 bits per heavy atom. The average Bonchev–Trinajstić information content (AvgIpc) is 3.07. The Kier molecular flexibility index (Phi) is 8.09. The molecule has 0 amide bonds. The molecule has 3 N–H and O–H groups in total.